The average molecular weight is 320 g/mol. The summed E-state index contributed by atoms with van der Waals surface area (Å²) in [5, 5.41) is 9.95. The lowest BCUT2D eigenvalue weighted by Crippen LogP contribution is -2.36. The molecule has 0 spiro atoms. The van der Waals surface area contributed by atoms with E-state index in [1.54, 1.807) is 10.9 Å². The number of carbonyl (C=O) groups excluding carboxylic acids is 2. The maximum absolute atomic E-state index is 12.0. The SMILES string of the molecule is Cn1cc(CNC(=O)CCC(=O)NC2CCCCCCC2)cn1. The van der Waals surface area contributed by atoms with Crippen molar-refractivity contribution in [2.24, 2.45) is 7.05 Å². The zero-order valence-corrected chi connectivity index (χ0v) is 14.0. The molecule has 1 saturated carbocycles. The molecular formula is C17H28N4O2. The summed E-state index contributed by atoms with van der Waals surface area (Å²) in [5.41, 5.74) is 0.958. The Morgan fingerprint density at radius 3 is 2.43 bits per heavy atom. The molecule has 2 amide bonds. The van der Waals surface area contributed by atoms with Crippen LogP contribution in [0.1, 0.15) is 63.4 Å². The maximum Gasteiger partial charge on any atom is 0.220 e. The van der Waals surface area contributed by atoms with Crippen LogP contribution in [0.5, 0.6) is 0 Å². The summed E-state index contributed by atoms with van der Waals surface area (Å²) in [7, 11) is 1.84. The first-order valence-corrected chi connectivity index (χ1v) is 8.67. The van der Waals surface area contributed by atoms with E-state index in [4.69, 9.17) is 0 Å². The number of nitrogens with one attached hydrogen (secondary N) is 2. The number of rotatable bonds is 6. The lowest BCUT2D eigenvalue weighted by atomic mass is 9.96. The van der Waals surface area contributed by atoms with E-state index in [1.807, 2.05) is 13.2 Å². The summed E-state index contributed by atoms with van der Waals surface area (Å²) >= 11 is 0. The van der Waals surface area contributed by atoms with Crippen molar-refractivity contribution >= 4 is 11.8 Å². The van der Waals surface area contributed by atoms with Crippen molar-refractivity contribution in [3.8, 4) is 0 Å². The second kappa shape index (κ2) is 9.33. The van der Waals surface area contributed by atoms with E-state index in [-0.39, 0.29) is 24.7 Å². The normalized spacial score (nSPS) is 16.4. The minimum atomic E-state index is -0.0957. The predicted molar refractivity (Wildman–Crippen MR) is 88.5 cm³/mol. The monoisotopic (exact) mass is 320 g/mol. The minimum Gasteiger partial charge on any atom is -0.353 e. The van der Waals surface area contributed by atoms with Gasteiger partial charge in [-0.05, 0) is 12.8 Å². The Labute approximate surface area is 138 Å². The highest BCUT2D eigenvalue weighted by atomic mass is 16.2. The molecule has 6 nitrogen and oxygen atoms in total. The molecule has 0 saturated heterocycles. The third-order valence-corrected chi connectivity index (χ3v) is 4.30. The summed E-state index contributed by atoms with van der Waals surface area (Å²) in [6.07, 6.45) is 12.5. The molecule has 0 aromatic carbocycles. The van der Waals surface area contributed by atoms with Crippen molar-refractivity contribution in [3.63, 3.8) is 0 Å². The molecule has 0 aliphatic heterocycles. The van der Waals surface area contributed by atoms with Crippen LogP contribution in [0.25, 0.3) is 0 Å². The van der Waals surface area contributed by atoms with Crippen LogP contribution in [0.15, 0.2) is 12.4 Å². The van der Waals surface area contributed by atoms with E-state index in [9.17, 15) is 9.59 Å². The van der Waals surface area contributed by atoms with E-state index < -0.39 is 0 Å². The highest BCUT2D eigenvalue weighted by Gasteiger charge is 2.14. The van der Waals surface area contributed by atoms with Crippen LogP contribution in [0.4, 0.5) is 0 Å². The predicted octanol–water partition coefficient (Wildman–Crippen LogP) is 2.05. The number of hydrogen-bond donors (Lipinski definition) is 2. The van der Waals surface area contributed by atoms with E-state index in [1.165, 1.54) is 32.1 Å². The van der Waals surface area contributed by atoms with Crippen molar-refractivity contribution in [2.75, 3.05) is 0 Å². The van der Waals surface area contributed by atoms with Gasteiger partial charge in [0.15, 0.2) is 0 Å². The molecule has 0 bridgehead atoms. The number of nitrogens with zero attached hydrogens (tertiary/aromatic N) is 2. The first kappa shape index (κ1) is 17.5. The smallest absolute Gasteiger partial charge is 0.220 e. The second-order valence-corrected chi connectivity index (χ2v) is 6.41. The van der Waals surface area contributed by atoms with Crippen LogP contribution in [0.3, 0.4) is 0 Å². The molecule has 1 aromatic heterocycles. The van der Waals surface area contributed by atoms with Crippen LogP contribution >= 0.6 is 0 Å². The Morgan fingerprint density at radius 1 is 1.13 bits per heavy atom. The lowest BCUT2D eigenvalue weighted by molar-refractivity contribution is -0.127. The Bertz CT molecular complexity index is 504. The topological polar surface area (TPSA) is 76.0 Å². The first-order valence-electron chi connectivity index (χ1n) is 8.67. The lowest BCUT2D eigenvalue weighted by Gasteiger charge is -2.21. The summed E-state index contributed by atoms with van der Waals surface area (Å²) in [4.78, 5) is 23.8. The average Bonchev–Trinajstić information content (AvgIpc) is 2.91. The standard InChI is InChI=1S/C17H28N4O2/c1-21-13-14(12-19-21)11-18-16(22)9-10-17(23)20-15-7-5-3-2-4-6-8-15/h12-13,15H,2-11H2,1H3,(H,18,22)(H,20,23). The van der Waals surface area contributed by atoms with Gasteiger partial charge in [0.1, 0.15) is 0 Å². The minimum absolute atomic E-state index is 0.00731. The zero-order valence-electron chi connectivity index (χ0n) is 14.0. The van der Waals surface area contributed by atoms with Crippen LogP contribution in [-0.4, -0.2) is 27.6 Å². The van der Waals surface area contributed by atoms with Crippen molar-refractivity contribution in [1.82, 2.24) is 20.4 Å². The number of aromatic nitrogens is 2. The third-order valence-electron chi connectivity index (χ3n) is 4.30. The zero-order chi connectivity index (χ0) is 16.5. The molecule has 1 fully saturated rings. The van der Waals surface area contributed by atoms with Gasteiger partial charge in [-0.2, -0.15) is 5.10 Å². The van der Waals surface area contributed by atoms with Gasteiger partial charge in [0, 0.05) is 44.2 Å². The van der Waals surface area contributed by atoms with Gasteiger partial charge in [0.05, 0.1) is 6.20 Å². The van der Waals surface area contributed by atoms with Gasteiger partial charge in [-0.3, -0.25) is 14.3 Å². The van der Waals surface area contributed by atoms with Crippen molar-refractivity contribution < 1.29 is 9.59 Å². The highest BCUT2D eigenvalue weighted by molar-refractivity contribution is 5.83. The molecule has 2 rings (SSSR count). The quantitative estimate of drug-likeness (QED) is 0.842. The molecule has 2 N–H and O–H groups in total. The molecule has 1 heterocycles. The largest absolute Gasteiger partial charge is 0.353 e. The molecule has 23 heavy (non-hydrogen) atoms. The summed E-state index contributed by atoms with van der Waals surface area (Å²) in [5.74, 6) is -0.103. The van der Waals surface area contributed by atoms with Gasteiger partial charge in [-0.25, -0.2) is 0 Å². The molecule has 6 heteroatoms. The van der Waals surface area contributed by atoms with Crippen molar-refractivity contribution in [2.45, 2.75) is 70.4 Å². The molecule has 1 aliphatic carbocycles. The first-order chi connectivity index (χ1) is 11.1. The van der Waals surface area contributed by atoms with Crippen LogP contribution in [0, 0.1) is 0 Å². The summed E-state index contributed by atoms with van der Waals surface area (Å²) in [6, 6.07) is 0.293. The fourth-order valence-electron chi connectivity index (χ4n) is 2.98. The van der Waals surface area contributed by atoms with Crippen molar-refractivity contribution in [3.05, 3.63) is 18.0 Å². The molecule has 1 aliphatic rings. The number of carbonyl (C=O) groups is 2. The summed E-state index contributed by atoms with van der Waals surface area (Å²) in [6.45, 7) is 0.455. The fraction of sp³-hybridized carbons (Fsp3) is 0.706. The van der Waals surface area contributed by atoms with E-state index in [0.29, 0.717) is 12.6 Å². The van der Waals surface area contributed by atoms with Gasteiger partial charge >= 0.3 is 0 Å². The molecule has 0 atom stereocenters. The molecule has 128 valence electrons. The third kappa shape index (κ3) is 6.84. The highest BCUT2D eigenvalue weighted by Crippen LogP contribution is 2.17. The van der Waals surface area contributed by atoms with E-state index in [2.05, 4.69) is 15.7 Å². The van der Waals surface area contributed by atoms with Gasteiger partial charge in [-0.15, -0.1) is 0 Å². The maximum atomic E-state index is 12.0. The number of hydrogen-bond acceptors (Lipinski definition) is 3. The van der Waals surface area contributed by atoms with Gasteiger partial charge in [0.25, 0.3) is 0 Å². The van der Waals surface area contributed by atoms with Crippen molar-refractivity contribution in [1.29, 1.82) is 0 Å². The fourth-order valence-corrected chi connectivity index (χ4v) is 2.98. The molecule has 0 unspecified atom stereocenters. The molecule has 0 radical (unpaired) electrons. The van der Waals surface area contributed by atoms with Gasteiger partial charge in [-0.1, -0.05) is 32.1 Å². The van der Waals surface area contributed by atoms with Gasteiger partial charge in [0.2, 0.25) is 11.8 Å². The van der Waals surface area contributed by atoms with E-state index >= 15 is 0 Å². The Kier molecular flexibility index (Phi) is 7.10. The van der Waals surface area contributed by atoms with Crippen LogP contribution < -0.4 is 10.6 Å². The Hall–Kier alpha value is -1.85. The molecule has 1 aromatic rings. The number of aryl methyl sites for hydroxylation is 1. The summed E-state index contributed by atoms with van der Waals surface area (Å²) < 4.78 is 1.70. The Balaban J connectivity index is 1.61. The van der Waals surface area contributed by atoms with Crippen LogP contribution in [0.2, 0.25) is 0 Å². The van der Waals surface area contributed by atoms with E-state index in [0.717, 1.165) is 18.4 Å². The van der Waals surface area contributed by atoms with Crippen LogP contribution in [-0.2, 0) is 23.2 Å². The molecular weight excluding hydrogens is 292 g/mol. The Morgan fingerprint density at radius 2 is 1.78 bits per heavy atom. The number of amides is 2. The van der Waals surface area contributed by atoms with Gasteiger partial charge < -0.3 is 10.6 Å². The second-order valence-electron chi connectivity index (χ2n) is 6.41.